The van der Waals surface area contributed by atoms with Crippen LogP contribution in [0.25, 0.3) is 0 Å². The molecule has 1 aromatic carbocycles. The van der Waals surface area contributed by atoms with Crippen molar-refractivity contribution in [3.8, 4) is 0 Å². The lowest BCUT2D eigenvalue weighted by Crippen LogP contribution is -2.35. The Morgan fingerprint density at radius 2 is 2.06 bits per heavy atom. The first-order valence-corrected chi connectivity index (χ1v) is 6.97. The number of hydrogen-bond acceptors (Lipinski definition) is 1. The van der Waals surface area contributed by atoms with Gasteiger partial charge >= 0.3 is 0 Å². The number of amides is 1. The van der Waals surface area contributed by atoms with E-state index in [4.69, 9.17) is 0 Å². The van der Waals surface area contributed by atoms with Gasteiger partial charge in [0.1, 0.15) is 0 Å². The summed E-state index contributed by atoms with van der Waals surface area (Å²) >= 11 is 0. The second-order valence-electron chi connectivity index (χ2n) is 5.07. The summed E-state index contributed by atoms with van der Waals surface area (Å²) in [5.74, 6) is 0.274. The van der Waals surface area contributed by atoms with E-state index in [0.29, 0.717) is 6.42 Å². The van der Waals surface area contributed by atoms with Crippen LogP contribution in [0.15, 0.2) is 18.2 Å². The van der Waals surface area contributed by atoms with E-state index in [9.17, 15) is 4.79 Å². The summed E-state index contributed by atoms with van der Waals surface area (Å²) in [6.07, 6.45) is 6.31. The molecule has 0 unspecified atom stereocenters. The third-order valence-electron chi connectivity index (χ3n) is 3.58. The van der Waals surface area contributed by atoms with Crippen LogP contribution in [0.3, 0.4) is 0 Å². The monoisotopic (exact) mass is 244 g/mol. The highest BCUT2D eigenvalue weighted by Crippen LogP contribution is 2.28. The number of fused-ring (bicyclic) bond motifs is 1. The van der Waals surface area contributed by atoms with Crippen LogP contribution in [0.2, 0.25) is 0 Å². The number of nitrogens with zero attached hydrogens (tertiary/aromatic N) is 1. The summed E-state index contributed by atoms with van der Waals surface area (Å²) < 4.78 is 0. The van der Waals surface area contributed by atoms with Crippen molar-refractivity contribution in [1.29, 1.82) is 0 Å². The highest BCUT2D eigenvalue weighted by Gasteiger charge is 2.23. The van der Waals surface area contributed by atoms with Gasteiger partial charge in [-0.2, -0.15) is 0 Å². The van der Waals surface area contributed by atoms with Crippen LogP contribution in [0, 0.1) is 6.92 Å². The summed E-state index contributed by atoms with van der Waals surface area (Å²) in [4.78, 5) is 14.0. The Balaban J connectivity index is 2.08. The lowest BCUT2D eigenvalue weighted by Gasteiger charge is -2.29. The summed E-state index contributed by atoms with van der Waals surface area (Å²) in [7, 11) is 0. The Morgan fingerprint density at radius 1 is 1.22 bits per heavy atom. The van der Waals surface area contributed by atoms with E-state index in [1.165, 1.54) is 24.8 Å². The minimum Gasteiger partial charge on any atom is -0.312 e. The lowest BCUT2D eigenvalue weighted by molar-refractivity contribution is -0.118. The van der Waals surface area contributed by atoms with Crippen LogP contribution in [0.4, 0.5) is 5.69 Å². The number of carbonyl (C=O) groups is 1. The fraction of sp³-hybridized carbons (Fsp3) is 0.500. The quantitative estimate of drug-likeness (QED) is 0.723. The molecule has 0 N–H and O–H groups in total. The third-order valence-corrected chi connectivity index (χ3v) is 3.58. The standard InChI is InChI=1S/C16H22NO/c1-3-4-5-6-11-17-15-9-7-13(2)12-14(15)8-10-16(17)18/h7,9,12H,2-6,8,10-11H2,1H3. The summed E-state index contributed by atoms with van der Waals surface area (Å²) in [5, 5.41) is 0. The van der Waals surface area contributed by atoms with Crippen molar-refractivity contribution < 1.29 is 4.79 Å². The molecule has 0 saturated carbocycles. The number of aryl methyl sites for hydroxylation is 1. The van der Waals surface area contributed by atoms with Gasteiger partial charge in [-0.25, -0.2) is 0 Å². The summed E-state index contributed by atoms with van der Waals surface area (Å²) in [6.45, 7) is 7.02. The zero-order chi connectivity index (χ0) is 13.0. The molecule has 2 rings (SSSR count). The van der Waals surface area contributed by atoms with Crippen molar-refractivity contribution in [3.05, 3.63) is 36.2 Å². The van der Waals surface area contributed by atoms with Crippen molar-refractivity contribution in [2.45, 2.75) is 45.4 Å². The molecule has 0 fully saturated rings. The Kier molecular flexibility index (Phi) is 4.40. The van der Waals surface area contributed by atoms with Crippen LogP contribution in [0.5, 0.6) is 0 Å². The van der Waals surface area contributed by atoms with Crippen LogP contribution in [-0.4, -0.2) is 12.5 Å². The average molecular weight is 244 g/mol. The van der Waals surface area contributed by atoms with Gasteiger partial charge < -0.3 is 4.90 Å². The maximum absolute atomic E-state index is 12.0. The van der Waals surface area contributed by atoms with Gasteiger partial charge in [-0.3, -0.25) is 4.79 Å². The van der Waals surface area contributed by atoms with Gasteiger partial charge in [-0.15, -0.1) is 0 Å². The Morgan fingerprint density at radius 3 is 2.83 bits per heavy atom. The highest BCUT2D eigenvalue weighted by atomic mass is 16.2. The van der Waals surface area contributed by atoms with Crippen LogP contribution in [-0.2, 0) is 11.2 Å². The molecule has 1 aliphatic rings. The first kappa shape index (κ1) is 13.1. The van der Waals surface area contributed by atoms with Gasteiger partial charge in [0.2, 0.25) is 5.91 Å². The Hall–Kier alpha value is -1.31. The Bertz CT molecular complexity index is 425. The predicted molar refractivity (Wildman–Crippen MR) is 75.7 cm³/mol. The molecule has 0 aliphatic carbocycles. The first-order chi connectivity index (χ1) is 8.72. The molecular formula is C16H22NO. The van der Waals surface area contributed by atoms with Gasteiger partial charge in [0.25, 0.3) is 0 Å². The molecule has 0 atom stereocenters. The average Bonchev–Trinajstić information content (AvgIpc) is 2.37. The van der Waals surface area contributed by atoms with E-state index in [1.54, 1.807) is 0 Å². The fourth-order valence-electron chi connectivity index (χ4n) is 2.56. The SMILES string of the molecule is [CH2]c1ccc2c(c1)CCC(=O)N2CCCCCC. The third kappa shape index (κ3) is 2.92. The summed E-state index contributed by atoms with van der Waals surface area (Å²) in [5.41, 5.74) is 3.42. The van der Waals surface area contributed by atoms with Gasteiger partial charge in [0.05, 0.1) is 0 Å². The van der Waals surface area contributed by atoms with E-state index in [1.807, 2.05) is 11.0 Å². The largest absolute Gasteiger partial charge is 0.312 e. The van der Waals surface area contributed by atoms with E-state index < -0.39 is 0 Å². The maximum Gasteiger partial charge on any atom is 0.227 e. The molecule has 97 valence electrons. The van der Waals surface area contributed by atoms with Crippen molar-refractivity contribution >= 4 is 11.6 Å². The second-order valence-corrected chi connectivity index (χ2v) is 5.07. The van der Waals surface area contributed by atoms with E-state index >= 15 is 0 Å². The summed E-state index contributed by atoms with van der Waals surface area (Å²) in [6, 6.07) is 6.16. The van der Waals surface area contributed by atoms with Gasteiger partial charge in [0, 0.05) is 18.7 Å². The number of rotatable bonds is 5. The molecular weight excluding hydrogens is 222 g/mol. The van der Waals surface area contributed by atoms with E-state index in [-0.39, 0.29) is 5.91 Å². The van der Waals surface area contributed by atoms with Crippen LogP contribution < -0.4 is 4.90 Å². The molecule has 0 bridgehead atoms. The number of carbonyl (C=O) groups excluding carboxylic acids is 1. The smallest absolute Gasteiger partial charge is 0.227 e. The Labute approximate surface area is 110 Å². The first-order valence-electron chi connectivity index (χ1n) is 6.97. The fourth-order valence-corrected chi connectivity index (χ4v) is 2.56. The molecule has 1 aromatic rings. The molecule has 2 heteroatoms. The van der Waals surface area contributed by atoms with Gasteiger partial charge in [-0.1, -0.05) is 38.3 Å². The molecule has 1 heterocycles. The molecule has 18 heavy (non-hydrogen) atoms. The zero-order valence-corrected chi connectivity index (χ0v) is 11.2. The lowest BCUT2D eigenvalue weighted by atomic mass is 9.98. The van der Waals surface area contributed by atoms with Gasteiger partial charge in [-0.05, 0) is 37.0 Å². The zero-order valence-electron chi connectivity index (χ0n) is 11.2. The van der Waals surface area contributed by atoms with Crippen molar-refractivity contribution in [1.82, 2.24) is 0 Å². The van der Waals surface area contributed by atoms with E-state index in [0.717, 1.165) is 30.6 Å². The molecule has 0 aromatic heterocycles. The van der Waals surface area contributed by atoms with Crippen LogP contribution >= 0.6 is 0 Å². The van der Waals surface area contributed by atoms with Crippen molar-refractivity contribution in [2.24, 2.45) is 0 Å². The number of anilines is 1. The highest BCUT2D eigenvalue weighted by molar-refractivity contribution is 5.96. The topological polar surface area (TPSA) is 20.3 Å². The van der Waals surface area contributed by atoms with Crippen molar-refractivity contribution in [2.75, 3.05) is 11.4 Å². The minimum atomic E-state index is 0.274. The molecule has 1 amide bonds. The molecule has 2 nitrogen and oxygen atoms in total. The van der Waals surface area contributed by atoms with Crippen molar-refractivity contribution in [3.63, 3.8) is 0 Å². The number of benzene rings is 1. The predicted octanol–water partition coefficient (Wildman–Crippen LogP) is 3.73. The molecule has 1 aliphatic heterocycles. The maximum atomic E-state index is 12.0. The molecule has 0 spiro atoms. The number of unbranched alkanes of at least 4 members (excludes halogenated alkanes) is 3. The molecule has 1 radical (unpaired) electrons. The molecule has 0 saturated heterocycles. The number of hydrogen-bond donors (Lipinski definition) is 0. The minimum absolute atomic E-state index is 0.274. The van der Waals surface area contributed by atoms with Gasteiger partial charge in [0.15, 0.2) is 0 Å². The van der Waals surface area contributed by atoms with Crippen LogP contribution in [0.1, 0.15) is 50.2 Å². The normalized spacial score (nSPS) is 14.8. The van der Waals surface area contributed by atoms with E-state index in [2.05, 4.69) is 26.0 Å². The second kappa shape index (κ2) is 6.03.